The molecule has 0 amide bonds. The number of hydrogen-bond donors (Lipinski definition) is 2. The molecule has 0 saturated carbocycles. The average Bonchev–Trinajstić information content (AvgIpc) is 2.41. The molecule has 1 aliphatic rings. The third-order valence-corrected chi connectivity index (χ3v) is 5.83. The van der Waals surface area contributed by atoms with E-state index in [4.69, 9.17) is 5.11 Å². The fourth-order valence-corrected chi connectivity index (χ4v) is 3.96. The van der Waals surface area contributed by atoms with Crippen LogP contribution in [0, 0.1) is 19.8 Å². The van der Waals surface area contributed by atoms with E-state index in [1.165, 1.54) is 6.07 Å². The smallest absolute Gasteiger partial charge is 0.310 e. The zero-order chi connectivity index (χ0) is 15.8. The molecule has 7 heteroatoms. The Morgan fingerprint density at radius 1 is 1.29 bits per heavy atom. The first-order valence-electron chi connectivity index (χ1n) is 6.71. The first-order valence-corrected chi connectivity index (χ1v) is 8.16. The second-order valence-corrected chi connectivity index (χ2v) is 7.35. The van der Waals surface area contributed by atoms with E-state index in [9.17, 15) is 18.3 Å². The first kappa shape index (κ1) is 15.9. The van der Waals surface area contributed by atoms with Gasteiger partial charge in [-0.2, -0.15) is 4.31 Å². The van der Waals surface area contributed by atoms with Crippen molar-refractivity contribution in [1.82, 2.24) is 4.31 Å². The number of aryl methyl sites for hydroxylation is 2. The second kappa shape index (κ2) is 5.75. The lowest BCUT2D eigenvalue weighted by atomic mass is 9.96. The van der Waals surface area contributed by atoms with Crippen LogP contribution in [-0.4, -0.2) is 48.1 Å². The fraction of sp³-hybridized carbons (Fsp3) is 0.500. The molecule has 6 nitrogen and oxygen atoms in total. The summed E-state index contributed by atoms with van der Waals surface area (Å²) >= 11 is 0. The lowest BCUT2D eigenvalue weighted by molar-refractivity contribution is -0.147. The zero-order valence-corrected chi connectivity index (χ0v) is 12.8. The summed E-state index contributed by atoms with van der Waals surface area (Å²) in [4.78, 5) is 11.2. The maximum absolute atomic E-state index is 12.6. The van der Waals surface area contributed by atoms with Crippen LogP contribution in [-0.2, 0) is 14.8 Å². The number of sulfonamides is 1. The van der Waals surface area contributed by atoms with Crippen LogP contribution in [0.5, 0.6) is 0 Å². The quantitative estimate of drug-likeness (QED) is 0.859. The number of carbonyl (C=O) groups is 1. The van der Waals surface area contributed by atoms with Crippen molar-refractivity contribution in [3.8, 4) is 0 Å². The molecule has 0 unspecified atom stereocenters. The Bertz CT molecular complexity index is 655. The van der Waals surface area contributed by atoms with E-state index in [1.807, 2.05) is 13.8 Å². The van der Waals surface area contributed by atoms with E-state index in [0.29, 0.717) is 0 Å². The molecule has 0 radical (unpaired) electrons. The molecule has 1 saturated heterocycles. The van der Waals surface area contributed by atoms with Gasteiger partial charge in [0, 0.05) is 13.1 Å². The van der Waals surface area contributed by atoms with Crippen LogP contribution in [0.2, 0.25) is 0 Å². The predicted octanol–water partition coefficient (Wildman–Crippen LogP) is 0.760. The van der Waals surface area contributed by atoms with Gasteiger partial charge in [-0.3, -0.25) is 4.79 Å². The van der Waals surface area contributed by atoms with Crippen molar-refractivity contribution in [2.24, 2.45) is 5.92 Å². The van der Waals surface area contributed by atoms with E-state index in [1.54, 1.807) is 12.1 Å². The molecule has 0 aromatic heterocycles. The second-order valence-electron chi connectivity index (χ2n) is 5.41. The van der Waals surface area contributed by atoms with Gasteiger partial charge >= 0.3 is 5.97 Å². The van der Waals surface area contributed by atoms with Crippen LogP contribution in [0.3, 0.4) is 0 Å². The summed E-state index contributed by atoms with van der Waals surface area (Å²) in [7, 11) is -3.73. The minimum atomic E-state index is -3.73. The first-order chi connectivity index (χ1) is 9.73. The predicted molar refractivity (Wildman–Crippen MR) is 76.4 cm³/mol. The van der Waals surface area contributed by atoms with Crippen LogP contribution in [0.15, 0.2) is 23.1 Å². The van der Waals surface area contributed by atoms with Gasteiger partial charge in [0.2, 0.25) is 10.0 Å². The standard InChI is InChI=1S/C14H19NO5S/c1-9-3-4-11(7-10(9)2)21(19,20)15-6-5-13(16)12(8-15)14(17)18/h3-4,7,12-13,16H,5-6,8H2,1-2H3,(H,17,18)/t12-,13+/m0/s1. The number of carboxylic acids is 1. The highest BCUT2D eigenvalue weighted by Crippen LogP contribution is 2.25. The summed E-state index contributed by atoms with van der Waals surface area (Å²) in [5, 5.41) is 18.7. The lowest BCUT2D eigenvalue weighted by Gasteiger charge is -2.33. The molecule has 21 heavy (non-hydrogen) atoms. The molecule has 1 fully saturated rings. The van der Waals surface area contributed by atoms with Gasteiger partial charge in [0.15, 0.2) is 0 Å². The number of carboxylic acid groups (broad SMARTS) is 1. The number of aliphatic hydroxyl groups excluding tert-OH is 1. The van der Waals surface area contributed by atoms with E-state index < -0.39 is 28.0 Å². The molecule has 0 aliphatic carbocycles. The Morgan fingerprint density at radius 3 is 2.52 bits per heavy atom. The molecule has 1 heterocycles. The molecular formula is C14H19NO5S. The summed E-state index contributed by atoms with van der Waals surface area (Å²) in [5.41, 5.74) is 1.86. The molecule has 2 rings (SSSR count). The van der Waals surface area contributed by atoms with Gasteiger partial charge in [-0.25, -0.2) is 8.42 Å². The fourth-order valence-electron chi connectivity index (χ4n) is 2.39. The monoisotopic (exact) mass is 313 g/mol. The number of rotatable bonds is 3. The highest BCUT2D eigenvalue weighted by atomic mass is 32.2. The maximum atomic E-state index is 12.6. The van der Waals surface area contributed by atoms with Crippen molar-refractivity contribution in [2.45, 2.75) is 31.3 Å². The van der Waals surface area contributed by atoms with Crippen molar-refractivity contribution in [2.75, 3.05) is 13.1 Å². The number of aliphatic hydroxyl groups is 1. The van der Waals surface area contributed by atoms with Gasteiger partial charge in [0.25, 0.3) is 0 Å². The van der Waals surface area contributed by atoms with Crippen LogP contribution in [0.4, 0.5) is 0 Å². The van der Waals surface area contributed by atoms with Crippen molar-refractivity contribution in [1.29, 1.82) is 0 Å². The van der Waals surface area contributed by atoms with Crippen molar-refractivity contribution in [3.63, 3.8) is 0 Å². The van der Waals surface area contributed by atoms with E-state index in [0.717, 1.165) is 15.4 Å². The van der Waals surface area contributed by atoms with Crippen molar-refractivity contribution < 1.29 is 23.4 Å². The molecule has 1 aliphatic heterocycles. The van der Waals surface area contributed by atoms with Gasteiger partial charge in [0.1, 0.15) is 0 Å². The zero-order valence-electron chi connectivity index (χ0n) is 12.0. The lowest BCUT2D eigenvalue weighted by Crippen LogP contribution is -2.48. The summed E-state index contributed by atoms with van der Waals surface area (Å²) < 4.78 is 26.3. The van der Waals surface area contributed by atoms with Gasteiger partial charge in [0.05, 0.1) is 16.9 Å². The van der Waals surface area contributed by atoms with Crippen LogP contribution in [0.1, 0.15) is 17.5 Å². The SMILES string of the molecule is Cc1ccc(S(=O)(=O)N2CC[C@@H](O)[C@@H](C(=O)O)C2)cc1C. The van der Waals surface area contributed by atoms with Gasteiger partial charge < -0.3 is 10.2 Å². The van der Waals surface area contributed by atoms with Gasteiger partial charge in [-0.15, -0.1) is 0 Å². The highest BCUT2D eigenvalue weighted by molar-refractivity contribution is 7.89. The number of hydrogen-bond acceptors (Lipinski definition) is 4. The minimum absolute atomic E-state index is 0.125. The molecule has 2 atom stereocenters. The minimum Gasteiger partial charge on any atom is -0.481 e. The van der Waals surface area contributed by atoms with Gasteiger partial charge in [-0.05, 0) is 43.5 Å². The molecular weight excluding hydrogens is 294 g/mol. The summed E-state index contributed by atoms with van der Waals surface area (Å²) in [6.45, 7) is 3.64. The Balaban J connectivity index is 2.31. The average molecular weight is 313 g/mol. The molecule has 2 N–H and O–H groups in total. The van der Waals surface area contributed by atoms with E-state index in [2.05, 4.69) is 0 Å². The molecule has 0 bridgehead atoms. The molecule has 1 aromatic carbocycles. The van der Waals surface area contributed by atoms with Crippen LogP contribution in [0.25, 0.3) is 0 Å². The largest absolute Gasteiger partial charge is 0.481 e. The highest BCUT2D eigenvalue weighted by Gasteiger charge is 2.38. The Kier molecular flexibility index (Phi) is 4.36. The Morgan fingerprint density at radius 2 is 1.95 bits per heavy atom. The third kappa shape index (κ3) is 3.09. The molecule has 116 valence electrons. The number of benzene rings is 1. The Hall–Kier alpha value is -1.44. The van der Waals surface area contributed by atoms with Gasteiger partial charge in [-0.1, -0.05) is 6.07 Å². The third-order valence-electron chi connectivity index (χ3n) is 3.97. The number of aliphatic carboxylic acids is 1. The topological polar surface area (TPSA) is 94.9 Å². The maximum Gasteiger partial charge on any atom is 0.310 e. The normalized spacial score (nSPS) is 24.0. The molecule has 0 spiro atoms. The van der Waals surface area contributed by atoms with Crippen LogP contribution < -0.4 is 0 Å². The number of piperidine rings is 1. The van der Waals surface area contributed by atoms with Crippen LogP contribution >= 0.6 is 0 Å². The summed E-state index contributed by atoms with van der Waals surface area (Å²) in [5.74, 6) is -2.26. The molecule has 1 aromatic rings. The van der Waals surface area contributed by atoms with Crippen molar-refractivity contribution >= 4 is 16.0 Å². The number of nitrogens with zero attached hydrogens (tertiary/aromatic N) is 1. The van der Waals surface area contributed by atoms with E-state index in [-0.39, 0.29) is 24.4 Å². The Labute approximate surface area is 124 Å². The van der Waals surface area contributed by atoms with E-state index >= 15 is 0 Å². The summed E-state index contributed by atoms with van der Waals surface area (Å²) in [6, 6.07) is 4.85. The summed E-state index contributed by atoms with van der Waals surface area (Å²) in [6.07, 6.45) is -0.880. The van der Waals surface area contributed by atoms with Crippen molar-refractivity contribution in [3.05, 3.63) is 29.3 Å².